The number of carbonyl (C=O) groups excluding carboxylic acids is 1. The number of hydrogen-bond acceptors (Lipinski definition) is 6. The van der Waals surface area contributed by atoms with E-state index >= 15 is 0 Å². The van der Waals surface area contributed by atoms with Crippen LogP contribution in [0.1, 0.15) is 17.4 Å². The Bertz CT molecular complexity index is 1270. The average molecular weight is 391 g/mol. The molecule has 2 aromatic heterocycles. The molecule has 0 radical (unpaired) electrons. The van der Waals surface area contributed by atoms with Crippen molar-refractivity contribution in [2.45, 2.75) is 6.92 Å². The number of phenols is 1. The first-order valence-electron chi connectivity index (χ1n) is 8.83. The van der Waals surface area contributed by atoms with Crippen LogP contribution < -0.4 is 16.2 Å². The lowest BCUT2D eigenvalue weighted by atomic mass is 10.2. The van der Waals surface area contributed by atoms with Crippen molar-refractivity contribution < 1.29 is 14.6 Å². The second-order valence-electron chi connectivity index (χ2n) is 6.17. The molecule has 2 aromatic carbocycles. The summed E-state index contributed by atoms with van der Waals surface area (Å²) in [6.07, 6.45) is 0. The number of aromatic hydroxyl groups is 1. The molecule has 0 aliphatic rings. The Labute approximate surface area is 164 Å². The predicted molar refractivity (Wildman–Crippen MR) is 106 cm³/mol. The van der Waals surface area contributed by atoms with Crippen molar-refractivity contribution >= 4 is 17.1 Å². The van der Waals surface area contributed by atoms with Crippen molar-refractivity contribution in [2.75, 3.05) is 6.61 Å². The molecule has 0 unspecified atom stereocenters. The van der Waals surface area contributed by atoms with Gasteiger partial charge in [-0.3, -0.25) is 4.79 Å². The van der Waals surface area contributed by atoms with Crippen molar-refractivity contribution in [3.8, 4) is 28.6 Å². The van der Waals surface area contributed by atoms with Gasteiger partial charge in [0, 0.05) is 0 Å². The van der Waals surface area contributed by atoms with Crippen LogP contribution >= 0.6 is 0 Å². The maximum absolute atomic E-state index is 12.6. The topological polar surface area (TPSA) is 136 Å². The number of primary amides is 1. The summed E-state index contributed by atoms with van der Waals surface area (Å²) in [5.74, 6) is -0.156. The van der Waals surface area contributed by atoms with Crippen molar-refractivity contribution in [3.05, 3.63) is 64.7 Å². The SMILES string of the molecule is CCOc1ccc(-n2c(=O)[nH]c3c(C(N)=O)nc(-c4ccccc4O)nc32)cc1. The van der Waals surface area contributed by atoms with Gasteiger partial charge >= 0.3 is 5.69 Å². The highest BCUT2D eigenvalue weighted by atomic mass is 16.5. The van der Waals surface area contributed by atoms with Crippen LogP contribution in [0.15, 0.2) is 53.3 Å². The van der Waals surface area contributed by atoms with Crippen LogP contribution in [0.2, 0.25) is 0 Å². The average Bonchev–Trinajstić information content (AvgIpc) is 3.04. The molecular weight excluding hydrogens is 374 g/mol. The van der Waals surface area contributed by atoms with Crippen LogP contribution in [-0.2, 0) is 0 Å². The Morgan fingerprint density at radius 2 is 1.90 bits per heavy atom. The summed E-state index contributed by atoms with van der Waals surface area (Å²) in [5, 5.41) is 10.2. The zero-order chi connectivity index (χ0) is 20.5. The molecule has 4 rings (SSSR count). The fourth-order valence-electron chi connectivity index (χ4n) is 3.04. The molecule has 0 saturated carbocycles. The molecule has 0 aliphatic heterocycles. The summed E-state index contributed by atoms with van der Waals surface area (Å²) in [4.78, 5) is 35.8. The van der Waals surface area contributed by atoms with Gasteiger partial charge < -0.3 is 20.6 Å². The van der Waals surface area contributed by atoms with E-state index in [1.165, 1.54) is 10.6 Å². The molecule has 29 heavy (non-hydrogen) atoms. The molecule has 146 valence electrons. The highest BCUT2D eigenvalue weighted by Crippen LogP contribution is 2.28. The van der Waals surface area contributed by atoms with Gasteiger partial charge in [0.05, 0.1) is 17.9 Å². The number of aromatic amines is 1. The third-order valence-electron chi connectivity index (χ3n) is 4.32. The Morgan fingerprint density at radius 3 is 2.55 bits per heavy atom. The van der Waals surface area contributed by atoms with Gasteiger partial charge in [0.1, 0.15) is 17.0 Å². The standard InChI is InChI=1S/C20H17N5O4/c1-2-29-12-9-7-11(8-10-12)25-19-16(23-20(25)28)15(17(21)27)22-18(24-19)13-5-3-4-6-14(13)26/h3-10,26H,2H2,1H3,(H2,21,27)(H,23,28). The first kappa shape index (κ1) is 18.2. The first-order chi connectivity index (χ1) is 14.0. The predicted octanol–water partition coefficient (Wildman–Crippen LogP) is 1.98. The summed E-state index contributed by atoms with van der Waals surface area (Å²) < 4.78 is 6.74. The van der Waals surface area contributed by atoms with Crippen molar-refractivity contribution in [1.29, 1.82) is 0 Å². The molecule has 0 aliphatic carbocycles. The number of hydrogen-bond donors (Lipinski definition) is 3. The highest BCUT2D eigenvalue weighted by molar-refractivity contribution is 6.02. The van der Waals surface area contributed by atoms with Gasteiger partial charge in [-0.15, -0.1) is 0 Å². The summed E-state index contributed by atoms with van der Waals surface area (Å²) in [5.41, 5.74) is 5.94. The number of amides is 1. The molecule has 0 atom stereocenters. The lowest BCUT2D eigenvalue weighted by Crippen LogP contribution is -2.15. The lowest BCUT2D eigenvalue weighted by molar-refractivity contribution is 0.0997. The van der Waals surface area contributed by atoms with E-state index in [4.69, 9.17) is 10.5 Å². The van der Waals surface area contributed by atoms with E-state index in [0.717, 1.165) is 0 Å². The number of aromatic nitrogens is 4. The van der Waals surface area contributed by atoms with Gasteiger partial charge in [-0.2, -0.15) is 0 Å². The number of phenolic OH excluding ortho intramolecular Hbond substituents is 1. The number of nitrogens with one attached hydrogen (secondary N) is 1. The molecule has 4 aromatic rings. The number of imidazole rings is 1. The molecule has 9 heteroatoms. The largest absolute Gasteiger partial charge is 0.507 e. The minimum atomic E-state index is -0.825. The lowest BCUT2D eigenvalue weighted by Gasteiger charge is -2.08. The van der Waals surface area contributed by atoms with E-state index in [1.54, 1.807) is 42.5 Å². The van der Waals surface area contributed by atoms with Crippen LogP contribution in [0.3, 0.4) is 0 Å². The fraction of sp³-hybridized carbons (Fsp3) is 0.100. The zero-order valence-corrected chi connectivity index (χ0v) is 15.4. The molecule has 2 heterocycles. The van der Waals surface area contributed by atoms with Crippen LogP contribution in [-0.4, -0.2) is 37.1 Å². The van der Waals surface area contributed by atoms with E-state index < -0.39 is 11.6 Å². The Hall–Kier alpha value is -4.14. The second-order valence-corrected chi connectivity index (χ2v) is 6.17. The number of carbonyl (C=O) groups is 1. The molecular formula is C20H17N5O4. The van der Waals surface area contributed by atoms with Crippen molar-refractivity contribution in [3.63, 3.8) is 0 Å². The number of para-hydroxylation sites is 1. The first-order valence-corrected chi connectivity index (χ1v) is 8.83. The Balaban J connectivity index is 1.99. The number of nitrogens with two attached hydrogens (primary N) is 1. The van der Waals surface area contributed by atoms with Crippen LogP contribution in [0, 0.1) is 0 Å². The molecule has 0 spiro atoms. The fourth-order valence-corrected chi connectivity index (χ4v) is 3.04. The van der Waals surface area contributed by atoms with Crippen LogP contribution in [0.4, 0.5) is 0 Å². The van der Waals surface area contributed by atoms with Gasteiger partial charge in [0.2, 0.25) is 0 Å². The summed E-state index contributed by atoms with van der Waals surface area (Å²) >= 11 is 0. The van der Waals surface area contributed by atoms with E-state index in [1.807, 2.05) is 6.92 Å². The van der Waals surface area contributed by atoms with E-state index in [-0.39, 0.29) is 28.4 Å². The molecule has 1 amide bonds. The summed E-state index contributed by atoms with van der Waals surface area (Å²) in [6.45, 7) is 2.40. The third kappa shape index (κ3) is 3.18. The Kier molecular flexibility index (Phi) is 4.47. The van der Waals surface area contributed by atoms with E-state index in [0.29, 0.717) is 23.6 Å². The minimum Gasteiger partial charge on any atom is -0.507 e. The van der Waals surface area contributed by atoms with Gasteiger partial charge in [-0.25, -0.2) is 19.3 Å². The van der Waals surface area contributed by atoms with Crippen molar-refractivity contribution in [2.24, 2.45) is 5.73 Å². The van der Waals surface area contributed by atoms with Gasteiger partial charge in [0.25, 0.3) is 5.91 Å². The Morgan fingerprint density at radius 1 is 1.17 bits per heavy atom. The van der Waals surface area contributed by atoms with Gasteiger partial charge in [0.15, 0.2) is 17.2 Å². The highest BCUT2D eigenvalue weighted by Gasteiger charge is 2.21. The summed E-state index contributed by atoms with van der Waals surface area (Å²) in [7, 11) is 0. The normalized spacial score (nSPS) is 10.9. The van der Waals surface area contributed by atoms with Crippen molar-refractivity contribution in [1.82, 2.24) is 19.5 Å². The molecule has 0 saturated heterocycles. The second kappa shape index (κ2) is 7.12. The number of benzene rings is 2. The van der Waals surface area contributed by atoms with Crippen LogP contribution in [0.25, 0.3) is 28.2 Å². The van der Waals surface area contributed by atoms with Crippen LogP contribution in [0.5, 0.6) is 11.5 Å². The maximum atomic E-state index is 12.6. The number of ether oxygens (including phenoxy) is 1. The van der Waals surface area contributed by atoms with E-state index in [9.17, 15) is 14.7 Å². The van der Waals surface area contributed by atoms with E-state index in [2.05, 4.69) is 15.0 Å². The number of fused-ring (bicyclic) bond motifs is 1. The monoisotopic (exact) mass is 391 g/mol. The minimum absolute atomic E-state index is 0.0622. The molecule has 0 bridgehead atoms. The molecule has 9 nitrogen and oxygen atoms in total. The molecule has 0 fully saturated rings. The van der Waals surface area contributed by atoms with Gasteiger partial charge in [-0.05, 0) is 43.3 Å². The summed E-state index contributed by atoms with van der Waals surface area (Å²) in [6, 6.07) is 13.3. The number of H-pyrrole nitrogens is 1. The smallest absolute Gasteiger partial charge is 0.332 e. The zero-order valence-electron chi connectivity index (χ0n) is 15.4. The van der Waals surface area contributed by atoms with Gasteiger partial charge in [-0.1, -0.05) is 12.1 Å². The molecule has 4 N–H and O–H groups in total. The maximum Gasteiger partial charge on any atom is 0.332 e. The number of nitrogens with zero attached hydrogens (tertiary/aromatic N) is 3. The number of rotatable bonds is 5. The third-order valence-corrected chi connectivity index (χ3v) is 4.32. The quantitative estimate of drug-likeness (QED) is 0.476.